The van der Waals surface area contributed by atoms with Crippen LogP contribution in [0.1, 0.15) is 48.0 Å². The lowest BCUT2D eigenvalue weighted by Gasteiger charge is -2.15. The molecule has 3 aromatic rings. The van der Waals surface area contributed by atoms with Gasteiger partial charge in [-0.3, -0.25) is 14.8 Å². The molecule has 1 atom stereocenters. The number of hydrogen-bond donors (Lipinski definition) is 1. The predicted octanol–water partition coefficient (Wildman–Crippen LogP) is 9.00. The van der Waals surface area contributed by atoms with E-state index in [2.05, 4.69) is 35.2 Å². The fourth-order valence-corrected chi connectivity index (χ4v) is 4.19. The van der Waals surface area contributed by atoms with Gasteiger partial charge in [0, 0.05) is 28.8 Å². The van der Waals surface area contributed by atoms with Gasteiger partial charge in [-0.15, -0.1) is 0 Å². The molecule has 0 fully saturated rings. The van der Waals surface area contributed by atoms with E-state index in [0.717, 1.165) is 5.56 Å². The molecule has 5 nitrogen and oxygen atoms in total. The van der Waals surface area contributed by atoms with Crippen molar-refractivity contribution in [1.29, 1.82) is 0 Å². The SMILES string of the molecule is C=NC(=C)c1cc(Cl)cc(C)c1NC(=O)c1cc(CC(C)C=NC(=C)C(C)(C)F)oc1-c1ccccc1Cl. The molecule has 0 aliphatic rings. The molecule has 2 aromatic carbocycles. The number of amides is 1. The van der Waals surface area contributed by atoms with Crippen molar-refractivity contribution in [3.8, 4) is 11.3 Å². The molecule has 1 N–H and O–H groups in total. The summed E-state index contributed by atoms with van der Waals surface area (Å²) in [5.74, 6) is 0.337. The van der Waals surface area contributed by atoms with Crippen LogP contribution >= 0.6 is 23.2 Å². The van der Waals surface area contributed by atoms with Gasteiger partial charge in [-0.25, -0.2) is 4.39 Å². The number of rotatable bonds is 10. The summed E-state index contributed by atoms with van der Waals surface area (Å²) >= 11 is 12.7. The molecule has 0 radical (unpaired) electrons. The number of hydrogen-bond acceptors (Lipinski definition) is 4. The summed E-state index contributed by atoms with van der Waals surface area (Å²) in [6.07, 6.45) is 2.04. The highest BCUT2D eigenvalue weighted by Crippen LogP contribution is 2.36. The standard InChI is InChI=1S/C30H30Cl2FN3O2/c1-17(16-35-20(4)30(5,6)33)12-22-15-25(28(38-22)23-10-8-9-11-26(23)32)29(37)36-27-18(2)13-21(31)14-24(27)19(3)34-7/h8-11,13-17H,3-4,7,12H2,1-2,5-6H3,(H,36,37). The summed E-state index contributed by atoms with van der Waals surface area (Å²) in [5, 5.41) is 3.88. The average Bonchev–Trinajstić information content (AvgIpc) is 3.26. The molecule has 0 aliphatic carbocycles. The number of halogens is 3. The Balaban J connectivity index is 2.01. The van der Waals surface area contributed by atoms with Gasteiger partial charge < -0.3 is 9.73 Å². The van der Waals surface area contributed by atoms with Crippen LogP contribution in [0.4, 0.5) is 10.1 Å². The highest BCUT2D eigenvalue weighted by Gasteiger charge is 2.24. The molecule has 1 unspecified atom stereocenters. The van der Waals surface area contributed by atoms with E-state index in [4.69, 9.17) is 27.6 Å². The van der Waals surface area contributed by atoms with Crippen molar-refractivity contribution >= 4 is 53.4 Å². The van der Waals surface area contributed by atoms with Gasteiger partial charge in [-0.1, -0.05) is 55.4 Å². The number of alkyl halides is 1. The Morgan fingerprint density at radius 3 is 2.50 bits per heavy atom. The Kier molecular flexibility index (Phi) is 9.13. The van der Waals surface area contributed by atoms with Crippen molar-refractivity contribution in [2.45, 2.75) is 39.8 Å². The first-order valence-electron chi connectivity index (χ1n) is 11.9. The lowest BCUT2D eigenvalue weighted by Crippen LogP contribution is -2.14. The van der Waals surface area contributed by atoms with Gasteiger partial charge in [0.2, 0.25) is 0 Å². The van der Waals surface area contributed by atoms with E-state index in [1.54, 1.807) is 42.6 Å². The quantitative estimate of drug-likeness (QED) is 0.254. The maximum Gasteiger partial charge on any atom is 0.259 e. The minimum absolute atomic E-state index is 0.123. The largest absolute Gasteiger partial charge is 0.460 e. The van der Waals surface area contributed by atoms with Crippen LogP contribution in [-0.2, 0) is 6.42 Å². The van der Waals surface area contributed by atoms with Gasteiger partial charge in [0.05, 0.1) is 27.7 Å². The first-order valence-corrected chi connectivity index (χ1v) is 12.6. The lowest BCUT2D eigenvalue weighted by molar-refractivity contribution is 0.102. The number of nitrogens with one attached hydrogen (secondary N) is 1. The maximum atomic E-state index is 14.0. The van der Waals surface area contributed by atoms with Crippen molar-refractivity contribution in [2.24, 2.45) is 15.9 Å². The molecular weight excluding hydrogens is 524 g/mol. The molecule has 0 saturated heterocycles. The van der Waals surface area contributed by atoms with E-state index in [1.807, 2.05) is 19.9 Å². The number of carbonyl (C=O) groups is 1. The third-order valence-corrected chi connectivity index (χ3v) is 6.43. The Morgan fingerprint density at radius 2 is 1.87 bits per heavy atom. The second kappa shape index (κ2) is 11.9. The first-order chi connectivity index (χ1) is 17.8. The number of benzene rings is 2. The molecule has 1 heterocycles. The third-order valence-electron chi connectivity index (χ3n) is 5.88. The number of anilines is 1. The number of allylic oxidation sites excluding steroid dienone is 1. The summed E-state index contributed by atoms with van der Waals surface area (Å²) in [4.78, 5) is 21.7. The van der Waals surface area contributed by atoms with Crippen LogP contribution in [0.25, 0.3) is 17.0 Å². The second-order valence-electron chi connectivity index (χ2n) is 9.52. The number of nitrogens with zero attached hydrogens (tertiary/aromatic N) is 2. The summed E-state index contributed by atoms with van der Waals surface area (Å²) in [7, 11) is 0. The minimum Gasteiger partial charge on any atom is -0.460 e. The van der Waals surface area contributed by atoms with Crippen LogP contribution in [0.2, 0.25) is 10.0 Å². The first kappa shape index (κ1) is 29.1. The normalized spacial score (nSPS) is 12.4. The van der Waals surface area contributed by atoms with Gasteiger partial charge in [0.15, 0.2) is 0 Å². The van der Waals surface area contributed by atoms with Crippen LogP contribution in [-0.4, -0.2) is 24.5 Å². The Bertz CT molecular complexity index is 1430. The van der Waals surface area contributed by atoms with E-state index in [0.29, 0.717) is 56.1 Å². The second-order valence-corrected chi connectivity index (χ2v) is 10.4. The molecule has 0 aliphatic heterocycles. The van der Waals surface area contributed by atoms with Crippen LogP contribution < -0.4 is 5.32 Å². The number of aliphatic imine (C=N–C) groups is 2. The van der Waals surface area contributed by atoms with E-state index >= 15 is 0 Å². The van der Waals surface area contributed by atoms with Crippen LogP contribution in [0.15, 0.2) is 75.7 Å². The zero-order chi connectivity index (χ0) is 28.2. The average molecular weight is 554 g/mol. The molecular formula is C30H30Cl2FN3O2. The predicted molar refractivity (Wildman–Crippen MR) is 158 cm³/mol. The monoisotopic (exact) mass is 553 g/mol. The van der Waals surface area contributed by atoms with Crippen molar-refractivity contribution in [3.05, 3.63) is 93.8 Å². The van der Waals surface area contributed by atoms with Crippen molar-refractivity contribution < 1.29 is 13.6 Å². The van der Waals surface area contributed by atoms with E-state index in [-0.39, 0.29) is 11.6 Å². The number of carbonyl (C=O) groups excluding carboxylic acids is 1. The third kappa shape index (κ3) is 6.88. The summed E-state index contributed by atoms with van der Waals surface area (Å²) in [6, 6.07) is 12.2. The topological polar surface area (TPSA) is 67.0 Å². The molecule has 0 bridgehead atoms. The van der Waals surface area contributed by atoms with Crippen LogP contribution in [0.3, 0.4) is 0 Å². The number of aryl methyl sites for hydroxylation is 1. The fourth-order valence-electron chi connectivity index (χ4n) is 3.70. The van der Waals surface area contributed by atoms with E-state index in [1.165, 1.54) is 13.8 Å². The van der Waals surface area contributed by atoms with Crippen molar-refractivity contribution in [3.63, 3.8) is 0 Å². The van der Waals surface area contributed by atoms with Gasteiger partial charge in [0.1, 0.15) is 17.2 Å². The van der Waals surface area contributed by atoms with Gasteiger partial charge >= 0.3 is 0 Å². The smallest absolute Gasteiger partial charge is 0.259 e. The molecule has 3 rings (SSSR count). The summed E-state index contributed by atoms with van der Waals surface area (Å²) in [6.45, 7) is 17.7. The van der Waals surface area contributed by atoms with Crippen molar-refractivity contribution in [1.82, 2.24) is 0 Å². The van der Waals surface area contributed by atoms with Crippen LogP contribution in [0.5, 0.6) is 0 Å². The van der Waals surface area contributed by atoms with Crippen LogP contribution in [0, 0.1) is 12.8 Å². The molecule has 8 heteroatoms. The Hall–Kier alpha value is -3.48. The fraction of sp³-hybridized carbons (Fsp3) is 0.233. The van der Waals surface area contributed by atoms with E-state index < -0.39 is 11.6 Å². The van der Waals surface area contributed by atoms with E-state index in [9.17, 15) is 9.18 Å². The molecule has 198 valence electrons. The molecule has 0 saturated carbocycles. The number of furan rings is 1. The molecule has 1 amide bonds. The zero-order valence-electron chi connectivity index (χ0n) is 21.9. The molecule has 0 spiro atoms. The molecule has 1 aromatic heterocycles. The zero-order valence-corrected chi connectivity index (χ0v) is 23.4. The Morgan fingerprint density at radius 1 is 1.18 bits per heavy atom. The maximum absolute atomic E-state index is 14.0. The highest BCUT2D eigenvalue weighted by molar-refractivity contribution is 6.33. The Labute approximate surface area is 232 Å². The summed E-state index contributed by atoms with van der Waals surface area (Å²) < 4.78 is 20.2. The minimum atomic E-state index is -1.62. The highest BCUT2D eigenvalue weighted by atomic mass is 35.5. The lowest BCUT2D eigenvalue weighted by atomic mass is 10.0. The van der Waals surface area contributed by atoms with Gasteiger partial charge in [-0.05, 0) is 69.3 Å². The van der Waals surface area contributed by atoms with Gasteiger partial charge in [0.25, 0.3) is 5.91 Å². The molecule has 38 heavy (non-hydrogen) atoms. The van der Waals surface area contributed by atoms with Crippen molar-refractivity contribution in [2.75, 3.05) is 5.32 Å². The van der Waals surface area contributed by atoms with Gasteiger partial charge in [-0.2, -0.15) is 0 Å². The summed E-state index contributed by atoms with van der Waals surface area (Å²) in [5.41, 5.74) is 1.55.